The van der Waals surface area contributed by atoms with Crippen molar-refractivity contribution in [3.63, 3.8) is 0 Å². The zero-order chi connectivity index (χ0) is 12.6. The van der Waals surface area contributed by atoms with E-state index in [4.69, 9.17) is 11.5 Å². The Labute approximate surface area is 101 Å². The van der Waals surface area contributed by atoms with Gasteiger partial charge < -0.3 is 16.4 Å². The molecule has 0 spiro atoms. The van der Waals surface area contributed by atoms with E-state index in [9.17, 15) is 4.79 Å². The molecule has 1 aromatic heterocycles. The normalized spacial score (nSPS) is 24.0. The highest BCUT2D eigenvalue weighted by molar-refractivity contribution is 5.82. The average Bonchev–Trinajstić information content (AvgIpc) is 2.66. The van der Waals surface area contributed by atoms with Gasteiger partial charge in [-0.15, -0.1) is 0 Å². The van der Waals surface area contributed by atoms with E-state index in [0.29, 0.717) is 12.2 Å². The number of amides is 1. The molecular formula is C12H18N4O. The maximum absolute atomic E-state index is 11.4. The van der Waals surface area contributed by atoms with Crippen molar-refractivity contribution < 1.29 is 4.79 Å². The third-order valence-electron chi connectivity index (χ3n) is 3.55. The van der Waals surface area contributed by atoms with E-state index >= 15 is 0 Å². The van der Waals surface area contributed by atoms with Crippen LogP contribution in [0, 0.1) is 12.3 Å². The summed E-state index contributed by atoms with van der Waals surface area (Å²) in [4.78, 5) is 17.7. The van der Waals surface area contributed by atoms with Crippen LogP contribution in [-0.4, -0.2) is 24.0 Å². The Balaban J connectivity index is 2.27. The maximum Gasteiger partial charge on any atom is 0.225 e. The third-order valence-corrected chi connectivity index (χ3v) is 3.55. The van der Waals surface area contributed by atoms with Crippen LogP contribution in [0.2, 0.25) is 0 Å². The lowest BCUT2D eigenvalue weighted by Gasteiger charge is -2.23. The molecule has 5 heteroatoms. The summed E-state index contributed by atoms with van der Waals surface area (Å²) in [5.41, 5.74) is 12.6. The molecule has 1 saturated heterocycles. The number of anilines is 2. The highest BCUT2D eigenvalue weighted by atomic mass is 16.1. The molecule has 0 aromatic carbocycles. The van der Waals surface area contributed by atoms with Crippen LogP contribution >= 0.6 is 0 Å². The van der Waals surface area contributed by atoms with Gasteiger partial charge in [-0.1, -0.05) is 0 Å². The van der Waals surface area contributed by atoms with E-state index < -0.39 is 5.41 Å². The van der Waals surface area contributed by atoms with Crippen LogP contribution in [0.3, 0.4) is 0 Å². The summed E-state index contributed by atoms with van der Waals surface area (Å²) in [6.07, 6.45) is 2.48. The molecule has 1 atom stereocenters. The van der Waals surface area contributed by atoms with Crippen molar-refractivity contribution in [2.45, 2.75) is 20.3 Å². The molecule has 2 heterocycles. The standard InChI is InChI=1S/C12H18N4O/c1-8-3-5-15-10(9(8)13)16-6-4-12(2,7-16)11(14)17/h3,5H,4,6-7,13H2,1-2H3,(H2,14,17). The minimum atomic E-state index is -0.474. The molecule has 1 fully saturated rings. The van der Waals surface area contributed by atoms with E-state index in [0.717, 1.165) is 24.3 Å². The van der Waals surface area contributed by atoms with Crippen LogP contribution in [-0.2, 0) is 4.79 Å². The molecule has 0 radical (unpaired) electrons. The molecule has 0 aliphatic carbocycles. The fourth-order valence-corrected chi connectivity index (χ4v) is 2.15. The van der Waals surface area contributed by atoms with Gasteiger partial charge in [-0.05, 0) is 31.9 Å². The largest absolute Gasteiger partial charge is 0.396 e. The first kappa shape index (κ1) is 11.7. The quantitative estimate of drug-likeness (QED) is 0.787. The molecule has 1 aliphatic rings. The number of nitrogen functional groups attached to an aromatic ring is 1. The van der Waals surface area contributed by atoms with Crippen molar-refractivity contribution in [1.82, 2.24) is 4.98 Å². The second-order valence-corrected chi connectivity index (χ2v) is 4.96. The van der Waals surface area contributed by atoms with Crippen LogP contribution in [0.25, 0.3) is 0 Å². The molecule has 92 valence electrons. The number of hydrogen-bond acceptors (Lipinski definition) is 4. The zero-order valence-corrected chi connectivity index (χ0v) is 10.2. The van der Waals surface area contributed by atoms with Crippen molar-refractivity contribution >= 4 is 17.4 Å². The van der Waals surface area contributed by atoms with Crippen molar-refractivity contribution in [1.29, 1.82) is 0 Å². The summed E-state index contributed by atoms with van der Waals surface area (Å²) < 4.78 is 0. The molecule has 1 amide bonds. The molecule has 2 rings (SSSR count). The Bertz CT molecular complexity index is 460. The number of nitrogens with zero attached hydrogens (tertiary/aromatic N) is 2. The number of nitrogens with two attached hydrogens (primary N) is 2. The summed E-state index contributed by atoms with van der Waals surface area (Å²) in [5, 5.41) is 0. The van der Waals surface area contributed by atoms with E-state index in [2.05, 4.69) is 4.98 Å². The molecule has 17 heavy (non-hydrogen) atoms. The molecule has 0 bridgehead atoms. The van der Waals surface area contributed by atoms with Gasteiger partial charge in [0.1, 0.15) is 0 Å². The van der Waals surface area contributed by atoms with Crippen LogP contribution < -0.4 is 16.4 Å². The van der Waals surface area contributed by atoms with Gasteiger partial charge in [0.25, 0.3) is 0 Å². The number of hydrogen-bond donors (Lipinski definition) is 2. The fourth-order valence-electron chi connectivity index (χ4n) is 2.15. The van der Waals surface area contributed by atoms with Crippen LogP contribution in [0.5, 0.6) is 0 Å². The Hall–Kier alpha value is -1.78. The molecule has 5 nitrogen and oxygen atoms in total. The van der Waals surface area contributed by atoms with Crippen LogP contribution in [0.4, 0.5) is 11.5 Å². The summed E-state index contributed by atoms with van der Waals surface area (Å²) in [7, 11) is 0. The van der Waals surface area contributed by atoms with E-state index in [1.807, 2.05) is 24.8 Å². The zero-order valence-electron chi connectivity index (χ0n) is 10.2. The minimum Gasteiger partial charge on any atom is -0.396 e. The van der Waals surface area contributed by atoms with Gasteiger partial charge in [-0.25, -0.2) is 4.98 Å². The van der Waals surface area contributed by atoms with Gasteiger partial charge in [0.05, 0.1) is 11.1 Å². The summed E-state index contributed by atoms with van der Waals surface area (Å²) in [6, 6.07) is 1.88. The number of carbonyl (C=O) groups excluding carboxylic acids is 1. The van der Waals surface area contributed by atoms with Crippen molar-refractivity contribution in [2.24, 2.45) is 11.1 Å². The average molecular weight is 234 g/mol. The van der Waals surface area contributed by atoms with E-state index in [1.54, 1.807) is 6.20 Å². The number of primary amides is 1. The molecule has 0 saturated carbocycles. The van der Waals surface area contributed by atoms with Crippen LogP contribution in [0.1, 0.15) is 18.9 Å². The second kappa shape index (κ2) is 3.91. The lowest BCUT2D eigenvalue weighted by atomic mass is 9.89. The van der Waals surface area contributed by atoms with Gasteiger partial charge in [0, 0.05) is 19.3 Å². The Kier molecular flexibility index (Phi) is 2.69. The maximum atomic E-state index is 11.4. The predicted molar refractivity (Wildman–Crippen MR) is 67.5 cm³/mol. The summed E-state index contributed by atoms with van der Waals surface area (Å²) in [5.74, 6) is 0.501. The van der Waals surface area contributed by atoms with Crippen molar-refractivity contribution in [2.75, 3.05) is 23.7 Å². The molecular weight excluding hydrogens is 216 g/mol. The van der Waals surface area contributed by atoms with Crippen molar-refractivity contribution in [3.05, 3.63) is 17.8 Å². The Morgan fingerprint density at radius 1 is 1.59 bits per heavy atom. The van der Waals surface area contributed by atoms with Gasteiger partial charge in [0.15, 0.2) is 5.82 Å². The number of aryl methyl sites for hydroxylation is 1. The lowest BCUT2D eigenvalue weighted by molar-refractivity contribution is -0.125. The summed E-state index contributed by atoms with van der Waals surface area (Å²) in [6.45, 7) is 5.19. The summed E-state index contributed by atoms with van der Waals surface area (Å²) >= 11 is 0. The van der Waals surface area contributed by atoms with Crippen molar-refractivity contribution in [3.8, 4) is 0 Å². The predicted octanol–water partition coefficient (Wildman–Crippen LogP) is 0.674. The first-order chi connectivity index (χ1) is 7.94. The van der Waals surface area contributed by atoms with E-state index in [1.165, 1.54) is 0 Å². The van der Waals surface area contributed by atoms with E-state index in [-0.39, 0.29) is 5.91 Å². The first-order valence-electron chi connectivity index (χ1n) is 5.70. The number of pyridine rings is 1. The SMILES string of the molecule is Cc1ccnc(N2CCC(C)(C(N)=O)C2)c1N. The topological polar surface area (TPSA) is 85.2 Å². The molecule has 1 aliphatic heterocycles. The number of aromatic nitrogens is 1. The minimum absolute atomic E-state index is 0.258. The monoisotopic (exact) mass is 234 g/mol. The lowest BCUT2D eigenvalue weighted by Crippen LogP contribution is -2.37. The highest BCUT2D eigenvalue weighted by Crippen LogP contribution is 2.34. The number of rotatable bonds is 2. The first-order valence-corrected chi connectivity index (χ1v) is 5.70. The third kappa shape index (κ3) is 1.92. The molecule has 4 N–H and O–H groups in total. The Morgan fingerprint density at radius 2 is 2.29 bits per heavy atom. The number of carbonyl (C=O) groups is 1. The molecule has 1 unspecified atom stereocenters. The van der Waals surface area contributed by atoms with Crippen LogP contribution in [0.15, 0.2) is 12.3 Å². The van der Waals surface area contributed by atoms with Gasteiger partial charge in [0.2, 0.25) is 5.91 Å². The molecule has 1 aromatic rings. The highest BCUT2D eigenvalue weighted by Gasteiger charge is 2.39. The van der Waals surface area contributed by atoms with Gasteiger partial charge in [-0.3, -0.25) is 4.79 Å². The van der Waals surface area contributed by atoms with Gasteiger partial charge >= 0.3 is 0 Å². The van der Waals surface area contributed by atoms with Gasteiger partial charge in [-0.2, -0.15) is 0 Å². The smallest absolute Gasteiger partial charge is 0.225 e. The second-order valence-electron chi connectivity index (χ2n) is 4.96. The fraction of sp³-hybridized carbons (Fsp3) is 0.500. The Morgan fingerprint density at radius 3 is 2.88 bits per heavy atom.